The van der Waals surface area contributed by atoms with Crippen LogP contribution in [-0.2, 0) is 16.1 Å². The van der Waals surface area contributed by atoms with Gasteiger partial charge >= 0.3 is 5.97 Å². The van der Waals surface area contributed by atoms with Crippen LogP contribution in [0.5, 0.6) is 0 Å². The van der Waals surface area contributed by atoms with Gasteiger partial charge in [0.05, 0.1) is 11.5 Å². The molecule has 1 atom stereocenters. The van der Waals surface area contributed by atoms with Crippen molar-refractivity contribution in [3.05, 3.63) is 52.4 Å². The van der Waals surface area contributed by atoms with Gasteiger partial charge < -0.3 is 15.3 Å². The Kier molecular flexibility index (Phi) is 4.00. The van der Waals surface area contributed by atoms with E-state index in [1.54, 1.807) is 12.1 Å². The topological polar surface area (TPSA) is 96.6 Å². The zero-order valence-corrected chi connectivity index (χ0v) is 11.8. The lowest BCUT2D eigenvalue weighted by Gasteiger charge is -2.27. The fourth-order valence-electron chi connectivity index (χ4n) is 2.34. The average Bonchev–Trinajstić information content (AvgIpc) is 2.46. The third-order valence-electron chi connectivity index (χ3n) is 3.42. The summed E-state index contributed by atoms with van der Waals surface area (Å²) in [4.78, 5) is 11.5. The van der Waals surface area contributed by atoms with Crippen LogP contribution < -0.4 is 4.57 Å². The Balaban J connectivity index is 2.62. The van der Waals surface area contributed by atoms with E-state index in [1.807, 2.05) is 29.8 Å². The number of aromatic nitrogens is 1. The van der Waals surface area contributed by atoms with Crippen LogP contribution in [0.25, 0.3) is 5.41 Å². The summed E-state index contributed by atoms with van der Waals surface area (Å²) < 4.78 is 7.01. The number of allylic oxidation sites excluding steroid dienone is 1. The second-order valence-corrected chi connectivity index (χ2v) is 4.63. The van der Waals surface area contributed by atoms with Crippen LogP contribution in [0.3, 0.4) is 0 Å². The average molecular weight is 285 g/mol. The summed E-state index contributed by atoms with van der Waals surface area (Å²) in [5.74, 6) is -0.179. The molecule has 0 radical (unpaired) electrons. The molecule has 1 unspecified atom stereocenters. The summed E-state index contributed by atoms with van der Waals surface area (Å²) >= 11 is 0. The van der Waals surface area contributed by atoms with Crippen molar-refractivity contribution in [2.24, 2.45) is 0 Å². The normalized spacial score (nSPS) is 18.3. The smallest absolute Gasteiger partial charge is 0.336 e. The zero-order chi connectivity index (χ0) is 15.6. The van der Waals surface area contributed by atoms with Gasteiger partial charge in [0, 0.05) is 17.7 Å². The molecule has 6 nitrogen and oxygen atoms in total. The number of carboxylic acid groups (broad SMARTS) is 1. The lowest BCUT2D eigenvalue weighted by atomic mass is 9.83. The molecule has 0 aliphatic carbocycles. The van der Waals surface area contributed by atoms with Crippen molar-refractivity contribution in [2.75, 3.05) is 0 Å². The summed E-state index contributed by atoms with van der Waals surface area (Å²) in [6.45, 7) is 4.27. The van der Waals surface area contributed by atoms with E-state index in [1.165, 1.54) is 6.92 Å². The predicted octanol–water partition coefficient (Wildman–Crippen LogP) is 1.61. The molecule has 0 saturated heterocycles. The Labute approximate surface area is 122 Å². The van der Waals surface area contributed by atoms with Crippen LogP contribution in [-0.4, -0.2) is 22.8 Å². The molecule has 2 N–H and O–H groups in total. The third kappa shape index (κ3) is 2.61. The van der Waals surface area contributed by atoms with Crippen molar-refractivity contribution in [1.29, 1.82) is 5.41 Å². The first-order chi connectivity index (χ1) is 9.99. The van der Waals surface area contributed by atoms with E-state index in [2.05, 4.69) is 0 Å². The molecule has 0 fully saturated rings. The van der Waals surface area contributed by atoms with Crippen molar-refractivity contribution >= 4 is 17.7 Å². The SMILES string of the molecule is CC[n+]1ccc(C2C(=C=[N-])C(=N)OC(C)=C2C(=O)O)cc1. The number of carboxylic acids is 1. The number of rotatable bonds is 3. The van der Waals surface area contributed by atoms with E-state index in [-0.39, 0.29) is 22.8 Å². The van der Waals surface area contributed by atoms with E-state index < -0.39 is 11.9 Å². The molecule has 1 aliphatic heterocycles. The van der Waals surface area contributed by atoms with Crippen LogP contribution in [0, 0.1) is 5.41 Å². The largest absolute Gasteiger partial charge is 0.763 e. The molecular weight excluding hydrogens is 270 g/mol. The maximum atomic E-state index is 11.5. The molecular formula is C15H15N3O3. The highest BCUT2D eigenvalue weighted by Gasteiger charge is 2.35. The van der Waals surface area contributed by atoms with Gasteiger partial charge in [-0.2, -0.15) is 0 Å². The first-order valence-electron chi connectivity index (χ1n) is 6.46. The van der Waals surface area contributed by atoms with Crippen LogP contribution in [0.4, 0.5) is 0 Å². The summed E-state index contributed by atoms with van der Waals surface area (Å²) in [6.07, 6.45) is 3.64. The number of ether oxygens (including phenoxy) is 1. The van der Waals surface area contributed by atoms with Crippen LogP contribution in [0.1, 0.15) is 25.3 Å². The minimum absolute atomic E-state index is 0.00296. The molecule has 1 aromatic rings. The number of aryl methyl sites for hydroxylation is 1. The maximum Gasteiger partial charge on any atom is 0.336 e. The summed E-state index contributed by atoms with van der Waals surface area (Å²) in [7, 11) is 0. The van der Waals surface area contributed by atoms with Crippen LogP contribution >= 0.6 is 0 Å². The standard InChI is InChI=1S/C15H15N3O3/c1-3-18-6-4-10(5-7-18)13-11(8-16)14(17)21-9(2)12(13)15(19)20/h4-7,13,17H,3H2,1-2H3,(H,19,20). The van der Waals surface area contributed by atoms with Gasteiger partial charge in [0.1, 0.15) is 12.3 Å². The fraction of sp³-hybridized carbons (Fsp3) is 0.267. The minimum atomic E-state index is -1.15. The molecule has 0 bridgehead atoms. The molecule has 108 valence electrons. The Morgan fingerprint density at radius 3 is 2.62 bits per heavy atom. The molecule has 21 heavy (non-hydrogen) atoms. The predicted molar refractivity (Wildman–Crippen MR) is 76.1 cm³/mol. The Hall–Kier alpha value is -2.72. The number of nitrogens with zero attached hydrogens (tertiary/aromatic N) is 2. The lowest BCUT2D eigenvalue weighted by Crippen LogP contribution is -2.32. The molecule has 6 heteroatoms. The van der Waals surface area contributed by atoms with E-state index in [0.717, 1.165) is 6.54 Å². The second-order valence-electron chi connectivity index (χ2n) is 4.63. The molecule has 0 amide bonds. The van der Waals surface area contributed by atoms with Gasteiger partial charge in [0.25, 0.3) is 0 Å². The molecule has 1 aliphatic rings. The quantitative estimate of drug-likeness (QED) is 0.652. The fourth-order valence-corrected chi connectivity index (χ4v) is 2.34. The van der Waals surface area contributed by atoms with Crippen LogP contribution in [0.2, 0.25) is 0 Å². The van der Waals surface area contributed by atoms with Gasteiger partial charge in [-0.25, -0.2) is 9.36 Å². The molecule has 0 aromatic carbocycles. The number of hydrogen-bond acceptors (Lipinski definition) is 3. The number of aliphatic carboxylic acids is 1. The summed E-state index contributed by atoms with van der Waals surface area (Å²) in [5, 5.41) is 26.4. The molecule has 2 rings (SSSR count). The Morgan fingerprint density at radius 2 is 2.14 bits per heavy atom. The van der Waals surface area contributed by atoms with E-state index in [0.29, 0.717) is 5.56 Å². The highest BCUT2D eigenvalue weighted by atomic mass is 16.5. The molecule has 1 aromatic heterocycles. The summed E-state index contributed by atoms with van der Waals surface area (Å²) in [6, 6.07) is 3.53. The van der Waals surface area contributed by atoms with Gasteiger partial charge in [-0.3, -0.25) is 11.3 Å². The van der Waals surface area contributed by atoms with Gasteiger partial charge in [0.15, 0.2) is 12.4 Å². The molecule has 2 heterocycles. The van der Waals surface area contributed by atoms with E-state index in [4.69, 9.17) is 10.1 Å². The van der Waals surface area contributed by atoms with Crippen molar-refractivity contribution in [3.8, 4) is 0 Å². The second kappa shape index (κ2) is 5.73. The van der Waals surface area contributed by atoms with E-state index in [9.17, 15) is 15.3 Å². The number of carbonyl (C=O) groups is 1. The highest BCUT2D eigenvalue weighted by Crippen LogP contribution is 2.37. The number of pyridine rings is 1. The minimum Gasteiger partial charge on any atom is -0.763 e. The van der Waals surface area contributed by atoms with E-state index >= 15 is 0 Å². The highest BCUT2D eigenvalue weighted by molar-refractivity contribution is 6.07. The van der Waals surface area contributed by atoms with Gasteiger partial charge in [-0.1, -0.05) is 0 Å². The monoisotopic (exact) mass is 285 g/mol. The zero-order valence-electron chi connectivity index (χ0n) is 11.8. The summed E-state index contributed by atoms with van der Waals surface area (Å²) in [5.41, 5.74) is 0.657. The van der Waals surface area contributed by atoms with Gasteiger partial charge in [-0.05, 0) is 19.4 Å². The molecule has 0 spiro atoms. The van der Waals surface area contributed by atoms with Crippen molar-refractivity contribution in [3.63, 3.8) is 0 Å². The van der Waals surface area contributed by atoms with Crippen molar-refractivity contribution in [1.82, 2.24) is 0 Å². The lowest BCUT2D eigenvalue weighted by molar-refractivity contribution is -0.693. The van der Waals surface area contributed by atoms with Gasteiger partial charge in [0.2, 0.25) is 5.90 Å². The van der Waals surface area contributed by atoms with Crippen molar-refractivity contribution in [2.45, 2.75) is 26.3 Å². The van der Waals surface area contributed by atoms with Crippen molar-refractivity contribution < 1.29 is 19.2 Å². The first kappa shape index (κ1) is 14.7. The van der Waals surface area contributed by atoms with Crippen LogP contribution in [0.15, 0.2) is 41.4 Å². The molecule has 0 saturated carbocycles. The van der Waals surface area contributed by atoms with Gasteiger partial charge in [-0.15, -0.1) is 0 Å². The Bertz CT molecular complexity index is 683. The first-order valence-corrected chi connectivity index (χ1v) is 6.46. The number of hydrogen-bond donors (Lipinski definition) is 2. The third-order valence-corrected chi connectivity index (χ3v) is 3.42. The Morgan fingerprint density at radius 1 is 1.52 bits per heavy atom. The number of nitrogens with one attached hydrogen (secondary N) is 1. The maximum absolute atomic E-state index is 11.5.